The lowest BCUT2D eigenvalue weighted by molar-refractivity contribution is -0.108. The van der Waals surface area contributed by atoms with E-state index in [9.17, 15) is 9.90 Å². The molecular weight excluding hydrogens is 650 g/mol. The van der Waals surface area contributed by atoms with E-state index in [-0.39, 0.29) is 23.3 Å². The number of guanidine groups is 1. The number of nitrogens with one attached hydrogen (secondary N) is 3. The van der Waals surface area contributed by atoms with Gasteiger partial charge in [0.05, 0.1) is 36.7 Å². The number of benzene rings is 2. The van der Waals surface area contributed by atoms with Gasteiger partial charge in [-0.3, -0.25) is 19.5 Å². The molecule has 0 spiro atoms. The summed E-state index contributed by atoms with van der Waals surface area (Å²) in [6.07, 6.45) is 6.65. The third-order valence-corrected chi connectivity index (χ3v) is 13.5. The molecule has 3 aromatic rings. The van der Waals surface area contributed by atoms with Crippen LogP contribution in [0.1, 0.15) is 64.4 Å². The van der Waals surface area contributed by atoms with Crippen LogP contribution in [0.25, 0.3) is 10.9 Å². The summed E-state index contributed by atoms with van der Waals surface area (Å²) in [5.74, 6) is 3.77. The first-order valence-corrected chi connectivity index (χ1v) is 19.4. The van der Waals surface area contributed by atoms with E-state index in [0.29, 0.717) is 54.1 Å². The Bertz CT molecular complexity index is 1770. The number of aromatic hydroxyl groups is 1. The quantitative estimate of drug-likeness (QED) is 0.176. The van der Waals surface area contributed by atoms with Crippen LogP contribution in [0, 0.1) is 29.1 Å². The molecule has 4 aliphatic carbocycles. The molecule has 4 saturated carbocycles. The zero-order valence-corrected chi connectivity index (χ0v) is 30.6. The van der Waals surface area contributed by atoms with Crippen molar-refractivity contribution in [1.82, 2.24) is 24.9 Å². The maximum Gasteiger partial charge on any atom is 0.274 e. The minimum Gasteiger partial charge on any atom is -0.508 e. The molecule has 2 saturated heterocycles. The topological polar surface area (TPSA) is 110 Å². The molecule has 1 aromatic heterocycles. The van der Waals surface area contributed by atoms with Crippen molar-refractivity contribution >= 4 is 34.2 Å². The fourth-order valence-electron chi connectivity index (χ4n) is 9.64. The summed E-state index contributed by atoms with van der Waals surface area (Å²) in [6, 6.07) is 11.4. The van der Waals surface area contributed by atoms with Crippen molar-refractivity contribution in [1.29, 1.82) is 0 Å². The summed E-state index contributed by atoms with van der Waals surface area (Å²) in [5, 5.41) is 22.7. The number of phenolic OH excluding ortho intramolecular Hbond substituents is 1. The predicted molar refractivity (Wildman–Crippen MR) is 200 cm³/mol. The molecule has 2 aromatic carbocycles. The van der Waals surface area contributed by atoms with Crippen molar-refractivity contribution in [2.75, 3.05) is 57.8 Å². The minimum absolute atomic E-state index is 0.0712. The van der Waals surface area contributed by atoms with Gasteiger partial charge < -0.3 is 25.4 Å². The molecule has 3 heterocycles. The van der Waals surface area contributed by atoms with Gasteiger partial charge in [0.15, 0.2) is 5.96 Å². The molecule has 2 bridgehead atoms. The standard InChI is InChI=1S/C39H54ClN7O3/c1-24-32-17-26(39(32,2)3)18-33(24)43-38(46-14-12-45(13-15-46)21-25-5-4-6-25)42-28-8-10-30-34(20-28)44-47(37(30)49)22-31(35-23-50-16-11-41-35)29-9-7-27(40)19-36(29)48/h7-10,19-20,24-26,31-33,35,41,44,48H,4-6,11-18,21-23H2,1-3H3,(H,42,43)/t24-,26-,31?,32?,33-,35?/m0/s1. The SMILES string of the molecule is C[C@H]1C2C[C@@H](C[C@@H]1N=C(Nc1ccc3c(=O)n(CC(c4ccc(Cl)cc4O)C4COCCN4)[nH]c3c1)N1CCN(CC3CCC3)CC1)C2(C)C. The van der Waals surface area contributed by atoms with E-state index >= 15 is 0 Å². The van der Waals surface area contributed by atoms with Gasteiger partial charge in [-0.15, -0.1) is 0 Å². The van der Waals surface area contributed by atoms with Crippen LogP contribution in [0.15, 0.2) is 46.2 Å². The van der Waals surface area contributed by atoms with E-state index < -0.39 is 0 Å². The Morgan fingerprint density at radius 2 is 1.96 bits per heavy atom. The molecule has 2 aliphatic heterocycles. The number of aliphatic imine (C=N–C) groups is 1. The van der Waals surface area contributed by atoms with Gasteiger partial charge in [-0.25, -0.2) is 4.99 Å². The molecule has 6 aliphatic rings. The molecule has 9 rings (SSSR count). The Hall–Kier alpha value is -3.05. The van der Waals surface area contributed by atoms with E-state index in [1.54, 1.807) is 16.8 Å². The van der Waals surface area contributed by atoms with Gasteiger partial charge in [0.2, 0.25) is 0 Å². The van der Waals surface area contributed by atoms with Crippen LogP contribution in [0.4, 0.5) is 5.69 Å². The van der Waals surface area contributed by atoms with Crippen molar-refractivity contribution in [2.24, 2.45) is 34.1 Å². The summed E-state index contributed by atoms with van der Waals surface area (Å²) in [4.78, 5) is 24.4. The van der Waals surface area contributed by atoms with Gasteiger partial charge in [0, 0.05) is 67.5 Å². The smallest absolute Gasteiger partial charge is 0.274 e. The number of aromatic nitrogens is 2. The number of morpholine rings is 1. The van der Waals surface area contributed by atoms with Gasteiger partial charge in [-0.05, 0) is 85.1 Å². The monoisotopic (exact) mass is 703 g/mol. The number of phenols is 1. The van der Waals surface area contributed by atoms with Crippen molar-refractivity contribution in [3.63, 3.8) is 0 Å². The summed E-state index contributed by atoms with van der Waals surface area (Å²) >= 11 is 6.18. The van der Waals surface area contributed by atoms with Crippen LogP contribution < -0.4 is 16.2 Å². The van der Waals surface area contributed by atoms with Gasteiger partial charge in [-0.1, -0.05) is 44.9 Å². The molecule has 10 nitrogen and oxygen atoms in total. The number of aromatic amines is 1. The second kappa shape index (κ2) is 13.8. The number of rotatable bonds is 8. The van der Waals surface area contributed by atoms with Crippen molar-refractivity contribution in [3.05, 3.63) is 57.3 Å². The predicted octanol–water partition coefficient (Wildman–Crippen LogP) is 5.72. The number of fused-ring (bicyclic) bond motifs is 3. The van der Waals surface area contributed by atoms with E-state index in [2.05, 4.69) is 46.3 Å². The van der Waals surface area contributed by atoms with Gasteiger partial charge in [0.1, 0.15) is 5.75 Å². The zero-order valence-electron chi connectivity index (χ0n) is 29.8. The average Bonchev–Trinajstić information content (AvgIpc) is 3.40. The number of ether oxygens (including phenoxy) is 1. The lowest BCUT2D eigenvalue weighted by Crippen LogP contribution is -2.57. The number of halogens is 1. The second-order valence-electron chi connectivity index (χ2n) is 16.4. The number of piperazine rings is 1. The molecule has 6 fully saturated rings. The fraction of sp³-hybridized carbons (Fsp3) is 0.641. The second-order valence-corrected chi connectivity index (χ2v) is 16.9. The highest BCUT2D eigenvalue weighted by Gasteiger charge is 2.56. The molecule has 0 amide bonds. The number of H-pyrrole nitrogens is 1. The largest absolute Gasteiger partial charge is 0.508 e. The highest BCUT2D eigenvalue weighted by atomic mass is 35.5. The molecule has 270 valence electrons. The van der Waals surface area contributed by atoms with Crippen LogP contribution >= 0.6 is 11.6 Å². The summed E-state index contributed by atoms with van der Waals surface area (Å²) in [7, 11) is 0. The summed E-state index contributed by atoms with van der Waals surface area (Å²) in [5.41, 5.74) is 2.75. The average molecular weight is 704 g/mol. The fourth-order valence-corrected chi connectivity index (χ4v) is 9.81. The minimum atomic E-state index is -0.216. The van der Waals surface area contributed by atoms with Gasteiger partial charge >= 0.3 is 0 Å². The van der Waals surface area contributed by atoms with E-state index in [0.717, 1.165) is 73.1 Å². The summed E-state index contributed by atoms with van der Waals surface area (Å²) < 4.78 is 7.46. The lowest BCUT2D eigenvalue weighted by atomic mass is 9.45. The highest BCUT2D eigenvalue weighted by molar-refractivity contribution is 6.30. The lowest BCUT2D eigenvalue weighted by Gasteiger charge is -2.61. The van der Waals surface area contributed by atoms with Crippen LogP contribution in [-0.4, -0.2) is 95.2 Å². The normalized spacial score (nSPS) is 29.4. The molecular formula is C39H54ClN7O3. The van der Waals surface area contributed by atoms with Crippen molar-refractivity contribution < 1.29 is 9.84 Å². The number of hydrogen-bond acceptors (Lipinski definition) is 6. The molecule has 6 atom stereocenters. The first-order chi connectivity index (χ1) is 24.1. The first kappa shape index (κ1) is 34.1. The Balaban J connectivity index is 1.05. The number of nitrogens with zero attached hydrogens (tertiary/aromatic N) is 4. The van der Waals surface area contributed by atoms with E-state index in [4.69, 9.17) is 21.3 Å². The van der Waals surface area contributed by atoms with Crippen LogP contribution in [-0.2, 0) is 11.3 Å². The zero-order chi connectivity index (χ0) is 34.6. The van der Waals surface area contributed by atoms with Crippen LogP contribution in [0.5, 0.6) is 5.75 Å². The maximum absolute atomic E-state index is 13.8. The van der Waals surface area contributed by atoms with Crippen molar-refractivity contribution in [3.8, 4) is 5.75 Å². The first-order valence-electron chi connectivity index (χ1n) is 19.0. The highest BCUT2D eigenvalue weighted by Crippen LogP contribution is 2.61. The molecule has 4 N–H and O–H groups in total. The van der Waals surface area contributed by atoms with Crippen molar-refractivity contribution in [2.45, 2.75) is 77.4 Å². The Kier molecular flexibility index (Phi) is 9.42. The van der Waals surface area contributed by atoms with Crippen LogP contribution in [0.2, 0.25) is 5.02 Å². The molecule has 0 radical (unpaired) electrons. The van der Waals surface area contributed by atoms with Gasteiger partial charge in [-0.2, -0.15) is 0 Å². The third kappa shape index (κ3) is 6.57. The maximum atomic E-state index is 13.8. The Morgan fingerprint density at radius 1 is 1.14 bits per heavy atom. The number of hydrogen-bond donors (Lipinski definition) is 4. The number of anilines is 1. The van der Waals surface area contributed by atoms with E-state index in [1.807, 2.05) is 24.3 Å². The molecule has 3 unspecified atom stereocenters. The molecule has 11 heteroatoms. The summed E-state index contributed by atoms with van der Waals surface area (Å²) in [6.45, 7) is 14.8. The third-order valence-electron chi connectivity index (χ3n) is 13.2. The molecule has 50 heavy (non-hydrogen) atoms. The Labute approximate surface area is 300 Å². The van der Waals surface area contributed by atoms with Gasteiger partial charge in [0.25, 0.3) is 5.56 Å². The Morgan fingerprint density at radius 3 is 2.64 bits per heavy atom. The van der Waals surface area contributed by atoms with Crippen LogP contribution in [0.3, 0.4) is 0 Å². The van der Waals surface area contributed by atoms with E-state index in [1.165, 1.54) is 32.2 Å².